The number of piperidine rings is 1. The highest BCUT2D eigenvalue weighted by molar-refractivity contribution is 5.79. The highest BCUT2D eigenvalue weighted by Crippen LogP contribution is 2.25. The number of hydrogen-bond acceptors (Lipinski definition) is 2. The second-order valence-corrected chi connectivity index (χ2v) is 8.40. The summed E-state index contributed by atoms with van der Waals surface area (Å²) in [7, 11) is 0. The van der Waals surface area contributed by atoms with Gasteiger partial charge in [-0.1, -0.05) is 54.6 Å². The van der Waals surface area contributed by atoms with Crippen molar-refractivity contribution < 1.29 is 13.6 Å². The molecular weight excluding hydrogens is 406 g/mol. The molecule has 0 aliphatic carbocycles. The van der Waals surface area contributed by atoms with Gasteiger partial charge in [-0.3, -0.25) is 4.79 Å². The predicted molar refractivity (Wildman–Crippen MR) is 122 cm³/mol. The van der Waals surface area contributed by atoms with Gasteiger partial charge in [0.2, 0.25) is 5.91 Å². The summed E-state index contributed by atoms with van der Waals surface area (Å²) in [4.78, 5) is 15.5. The fourth-order valence-electron chi connectivity index (χ4n) is 4.28. The first-order chi connectivity index (χ1) is 15.6. The lowest BCUT2D eigenvalue weighted by atomic mass is 9.93. The molecular formula is C27H28F2N2O. The van der Waals surface area contributed by atoms with Crippen molar-refractivity contribution in [1.29, 1.82) is 0 Å². The third kappa shape index (κ3) is 5.80. The van der Waals surface area contributed by atoms with Gasteiger partial charge in [-0.15, -0.1) is 0 Å². The molecule has 1 fully saturated rings. The average Bonchev–Trinajstić information content (AvgIpc) is 2.83. The molecule has 0 saturated carbocycles. The van der Waals surface area contributed by atoms with Crippen molar-refractivity contribution in [2.75, 3.05) is 19.6 Å². The summed E-state index contributed by atoms with van der Waals surface area (Å²) in [6.45, 7) is 2.78. The van der Waals surface area contributed by atoms with Crippen molar-refractivity contribution in [3.63, 3.8) is 0 Å². The molecule has 1 heterocycles. The molecule has 0 spiro atoms. The molecule has 1 aliphatic heterocycles. The van der Waals surface area contributed by atoms with E-state index in [2.05, 4.69) is 34.5 Å². The highest BCUT2D eigenvalue weighted by atomic mass is 19.1. The number of carbonyl (C=O) groups excluding carboxylic acids is 1. The molecule has 1 amide bonds. The van der Waals surface area contributed by atoms with Crippen LogP contribution in [0.5, 0.6) is 0 Å². The van der Waals surface area contributed by atoms with Gasteiger partial charge in [-0.25, -0.2) is 8.78 Å². The van der Waals surface area contributed by atoms with Crippen LogP contribution in [0.3, 0.4) is 0 Å². The Kier molecular flexibility index (Phi) is 7.28. The first kappa shape index (κ1) is 22.2. The fourth-order valence-corrected chi connectivity index (χ4v) is 4.28. The van der Waals surface area contributed by atoms with E-state index >= 15 is 0 Å². The number of benzene rings is 3. The standard InChI is InChI=1S/C27H28F2N2O/c28-24-10-6-21(7-11-24)26(22-8-12-25(29)13-9-22)30-27(32)23-15-18-31(19-16-23)17-14-20-4-2-1-3-5-20/h1-13,23,26H,14-19H2,(H,30,32). The van der Waals surface area contributed by atoms with Gasteiger partial charge in [-0.05, 0) is 73.3 Å². The Morgan fingerprint density at radius 1 is 0.844 bits per heavy atom. The number of nitrogens with zero attached hydrogens (tertiary/aromatic N) is 1. The van der Waals surface area contributed by atoms with Crippen LogP contribution < -0.4 is 5.32 Å². The minimum absolute atomic E-state index is 0.00800. The van der Waals surface area contributed by atoms with Crippen LogP contribution in [0.2, 0.25) is 0 Å². The van der Waals surface area contributed by atoms with E-state index in [1.165, 1.54) is 29.8 Å². The summed E-state index contributed by atoms with van der Waals surface area (Å²) < 4.78 is 26.9. The summed E-state index contributed by atoms with van der Waals surface area (Å²) in [5, 5.41) is 3.13. The summed E-state index contributed by atoms with van der Waals surface area (Å²) in [6.07, 6.45) is 2.62. The van der Waals surface area contributed by atoms with Gasteiger partial charge in [0.15, 0.2) is 0 Å². The van der Waals surface area contributed by atoms with E-state index in [0.717, 1.165) is 50.0 Å². The molecule has 3 aromatic carbocycles. The molecule has 4 rings (SSSR count). The third-order valence-corrected chi connectivity index (χ3v) is 6.21. The van der Waals surface area contributed by atoms with Crippen molar-refractivity contribution >= 4 is 5.91 Å². The molecule has 1 aliphatic rings. The normalized spacial score (nSPS) is 15.1. The molecule has 0 atom stereocenters. The van der Waals surface area contributed by atoms with Gasteiger partial charge in [0.05, 0.1) is 6.04 Å². The van der Waals surface area contributed by atoms with E-state index in [9.17, 15) is 13.6 Å². The van der Waals surface area contributed by atoms with Gasteiger partial charge < -0.3 is 10.2 Å². The van der Waals surface area contributed by atoms with Crippen molar-refractivity contribution in [2.45, 2.75) is 25.3 Å². The number of hydrogen-bond donors (Lipinski definition) is 1. The molecule has 0 radical (unpaired) electrons. The van der Waals surface area contributed by atoms with Crippen LogP contribution in [0.4, 0.5) is 8.78 Å². The summed E-state index contributed by atoms with van der Waals surface area (Å²) in [5.74, 6) is -0.737. The lowest BCUT2D eigenvalue weighted by molar-refractivity contribution is -0.127. The maximum atomic E-state index is 13.4. The maximum Gasteiger partial charge on any atom is 0.223 e. The largest absolute Gasteiger partial charge is 0.345 e. The Morgan fingerprint density at radius 2 is 1.38 bits per heavy atom. The lowest BCUT2D eigenvalue weighted by Crippen LogP contribution is -2.42. The average molecular weight is 435 g/mol. The van der Waals surface area contributed by atoms with Crippen LogP contribution >= 0.6 is 0 Å². The molecule has 0 aromatic heterocycles. The fraction of sp³-hybridized carbons (Fsp3) is 0.296. The second kappa shape index (κ2) is 10.5. The van der Waals surface area contributed by atoms with Crippen molar-refractivity contribution in [1.82, 2.24) is 10.2 Å². The summed E-state index contributed by atoms with van der Waals surface area (Å²) in [5.41, 5.74) is 2.87. The molecule has 0 bridgehead atoms. The molecule has 1 N–H and O–H groups in total. The van der Waals surface area contributed by atoms with Gasteiger partial charge in [0.1, 0.15) is 11.6 Å². The second-order valence-electron chi connectivity index (χ2n) is 8.40. The smallest absolute Gasteiger partial charge is 0.223 e. The number of amides is 1. The van der Waals surface area contributed by atoms with Crippen molar-refractivity contribution in [3.8, 4) is 0 Å². The van der Waals surface area contributed by atoms with E-state index in [-0.39, 0.29) is 23.5 Å². The molecule has 1 saturated heterocycles. The van der Waals surface area contributed by atoms with Crippen molar-refractivity contribution in [2.24, 2.45) is 5.92 Å². The van der Waals surface area contributed by atoms with Crippen LogP contribution in [0.15, 0.2) is 78.9 Å². The minimum atomic E-state index is -0.445. The molecule has 5 heteroatoms. The number of likely N-dealkylation sites (tertiary alicyclic amines) is 1. The number of rotatable bonds is 7. The molecule has 32 heavy (non-hydrogen) atoms. The van der Waals surface area contributed by atoms with Gasteiger partial charge >= 0.3 is 0 Å². The molecule has 0 unspecified atom stereocenters. The predicted octanol–water partition coefficient (Wildman–Crippen LogP) is 5.13. The Bertz CT molecular complexity index is 953. The van der Waals surface area contributed by atoms with Crippen LogP contribution in [0, 0.1) is 17.6 Å². The maximum absolute atomic E-state index is 13.4. The van der Waals surface area contributed by atoms with Crippen molar-refractivity contribution in [3.05, 3.63) is 107 Å². The van der Waals surface area contributed by atoms with Gasteiger partial charge in [-0.2, -0.15) is 0 Å². The monoisotopic (exact) mass is 434 g/mol. The Hall–Kier alpha value is -3.05. The zero-order chi connectivity index (χ0) is 22.3. The number of carbonyl (C=O) groups is 1. The minimum Gasteiger partial charge on any atom is -0.345 e. The van der Waals surface area contributed by atoms with E-state index in [4.69, 9.17) is 0 Å². The molecule has 3 nitrogen and oxygen atoms in total. The van der Waals surface area contributed by atoms with Crippen LogP contribution in [-0.2, 0) is 11.2 Å². The lowest BCUT2D eigenvalue weighted by Gasteiger charge is -2.32. The Balaban J connectivity index is 1.37. The van der Waals surface area contributed by atoms with E-state index in [0.29, 0.717) is 0 Å². The van der Waals surface area contributed by atoms with E-state index in [1.54, 1.807) is 24.3 Å². The van der Waals surface area contributed by atoms with Crippen LogP contribution in [-0.4, -0.2) is 30.4 Å². The highest BCUT2D eigenvalue weighted by Gasteiger charge is 2.27. The SMILES string of the molecule is O=C(NC(c1ccc(F)cc1)c1ccc(F)cc1)C1CCN(CCc2ccccc2)CC1. The third-order valence-electron chi connectivity index (χ3n) is 6.21. The Labute approximate surface area is 188 Å². The first-order valence-corrected chi connectivity index (χ1v) is 11.2. The topological polar surface area (TPSA) is 32.3 Å². The van der Waals surface area contributed by atoms with E-state index in [1.807, 2.05) is 6.07 Å². The van der Waals surface area contributed by atoms with Gasteiger partial charge in [0.25, 0.3) is 0 Å². The summed E-state index contributed by atoms with van der Waals surface area (Å²) >= 11 is 0. The van der Waals surface area contributed by atoms with E-state index < -0.39 is 6.04 Å². The summed E-state index contributed by atoms with van der Waals surface area (Å²) in [6, 6.07) is 22.2. The zero-order valence-corrected chi connectivity index (χ0v) is 18.0. The molecule has 3 aromatic rings. The quantitative estimate of drug-likeness (QED) is 0.560. The number of halogens is 2. The first-order valence-electron chi connectivity index (χ1n) is 11.2. The molecule has 166 valence electrons. The van der Waals surface area contributed by atoms with Crippen LogP contribution in [0.1, 0.15) is 35.6 Å². The van der Waals surface area contributed by atoms with Crippen LogP contribution in [0.25, 0.3) is 0 Å². The zero-order valence-electron chi connectivity index (χ0n) is 18.0. The number of nitrogens with one attached hydrogen (secondary N) is 1. The van der Waals surface area contributed by atoms with Gasteiger partial charge in [0, 0.05) is 12.5 Å². The Morgan fingerprint density at radius 3 is 1.91 bits per heavy atom.